The minimum atomic E-state index is -0.562. The van der Waals surface area contributed by atoms with Crippen molar-refractivity contribution in [2.45, 2.75) is 58.1 Å². The molecule has 1 spiro atoms. The number of hydrogen-bond donors (Lipinski definition) is 0. The van der Waals surface area contributed by atoms with Crippen LogP contribution in [0.25, 0.3) is 0 Å². The predicted octanol–water partition coefficient (Wildman–Crippen LogP) is 2.19. The van der Waals surface area contributed by atoms with Gasteiger partial charge in [0.2, 0.25) is 0 Å². The van der Waals surface area contributed by atoms with Gasteiger partial charge in [-0.2, -0.15) is 0 Å². The van der Waals surface area contributed by atoms with Gasteiger partial charge >= 0.3 is 6.09 Å². The van der Waals surface area contributed by atoms with E-state index in [1.807, 2.05) is 20.8 Å². The van der Waals surface area contributed by atoms with Gasteiger partial charge in [-0.25, -0.2) is 9.86 Å². The van der Waals surface area contributed by atoms with E-state index in [-0.39, 0.29) is 11.3 Å². The Labute approximate surface area is 126 Å². The number of hydrogen-bond acceptors (Lipinski definition) is 4. The van der Waals surface area contributed by atoms with Crippen LogP contribution >= 0.6 is 0 Å². The number of likely N-dealkylation sites (tertiary alicyclic amines) is 1. The van der Waals surface area contributed by atoms with Crippen LogP contribution in [0.4, 0.5) is 4.79 Å². The number of likely N-dealkylation sites (N-methyl/N-ethyl adjacent to an activating group) is 1. The second kappa shape index (κ2) is 5.48. The first-order chi connectivity index (χ1) is 9.67. The molecule has 2 aliphatic rings. The molecule has 0 bridgehead atoms. The van der Waals surface area contributed by atoms with Crippen LogP contribution in [0.2, 0.25) is 0 Å². The van der Waals surface area contributed by atoms with Crippen LogP contribution in [0.3, 0.4) is 0 Å². The molecule has 2 fully saturated rings. The minimum absolute atomic E-state index is 0.103. The number of nitrogens with zero attached hydrogens (tertiary/aromatic N) is 2. The summed E-state index contributed by atoms with van der Waals surface area (Å²) in [5, 5.41) is 1.19. The van der Waals surface area contributed by atoms with Crippen molar-refractivity contribution >= 4 is 12.0 Å². The maximum Gasteiger partial charge on any atom is 0.410 e. The van der Waals surface area contributed by atoms with Gasteiger partial charge in [0, 0.05) is 13.6 Å². The molecule has 21 heavy (non-hydrogen) atoms. The lowest BCUT2D eigenvalue weighted by Crippen LogP contribution is -2.47. The molecular formula is C15H26N2O4. The smallest absolute Gasteiger partial charge is 0.410 e. The van der Waals surface area contributed by atoms with E-state index >= 15 is 0 Å². The van der Waals surface area contributed by atoms with E-state index < -0.39 is 17.7 Å². The zero-order chi connectivity index (χ0) is 15.8. The number of rotatable bonds is 2. The van der Waals surface area contributed by atoms with E-state index in [2.05, 4.69) is 0 Å². The van der Waals surface area contributed by atoms with Gasteiger partial charge in [0.25, 0.3) is 5.91 Å². The van der Waals surface area contributed by atoms with Gasteiger partial charge in [-0.1, -0.05) is 6.42 Å². The van der Waals surface area contributed by atoms with Crippen LogP contribution in [-0.2, 0) is 14.4 Å². The van der Waals surface area contributed by atoms with E-state index in [4.69, 9.17) is 9.57 Å². The summed E-state index contributed by atoms with van der Waals surface area (Å²) in [6.07, 6.45) is 3.62. The standard InChI is InChI=1S/C15H26N2O4/c1-14(2,3)21-13(19)17-10-15(7-6-8-15)9-11(17)12(18)16(4)20-5/h11H,6-10H2,1-5H3/t11-/m0/s1. The molecule has 6 nitrogen and oxygen atoms in total. The van der Waals surface area contributed by atoms with Crippen molar-refractivity contribution in [1.82, 2.24) is 9.96 Å². The average Bonchev–Trinajstić information content (AvgIpc) is 2.75. The number of carbonyl (C=O) groups excluding carboxylic acids is 2. The maximum absolute atomic E-state index is 12.4. The van der Waals surface area contributed by atoms with Crippen LogP contribution in [0, 0.1) is 5.41 Å². The van der Waals surface area contributed by atoms with Crippen LogP contribution in [-0.4, -0.2) is 54.3 Å². The molecule has 1 atom stereocenters. The number of amides is 2. The third kappa shape index (κ3) is 3.31. The summed E-state index contributed by atoms with van der Waals surface area (Å²) in [6.45, 7) is 6.10. The predicted molar refractivity (Wildman–Crippen MR) is 77.4 cm³/mol. The van der Waals surface area contributed by atoms with Crippen molar-refractivity contribution in [2.75, 3.05) is 20.7 Å². The molecular weight excluding hydrogens is 272 g/mol. The molecule has 1 saturated carbocycles. The highest BCUT2D eigenvalue weighted by Crippen LogP contribution is 2.50. The quantitative estimate of drug-likeness (QED) is 0.733. The Bertz CT molecular complexity index is 426. The van der Waals surface area contributed by atoms with Gasteiger partial charge in [0.15, 0.2) is 0 Å². The molecule has 0 aromatic heterocycles. The molecule has 0 radical (unpaired) electrons. The fourth-order valence-electron chi connectivity index (χ4n) is 3.13. The van der Waals surface area contributed by atoms with Gasteiger partial charge in [-0.3, -0.25) is 14.5 Å². The van der Waals surface area contributed by atoms with Crippen LogP contribution in [0.15, 0.2) is 0 Å². The third-order valence-electron chi connectivity index (χ3n) is 4.42. The summed E-state index contributed by atoms with van der Waals surface area (Å²) in [5.74, 6) is -0.188. The van der Waals surface area contributed by atoms with Gasteiger partial charge in [-0.05, 0) is 45.4 Å². The van der Waals surface area contributed by atoms with E-state index in [0.717, 1.165) is 12.8 Å². The molecule has 1 saturated heterocycles. The Hall–Kier alpha value is -1.30. The van der Waals surface area contributed by atoms with Gasteiger partial charge in [0.05, 0.1) is 7.11 Å². The lowest BCUT2D eigenvalue weighted by atomic mass is 9.67. The Kier molecular flexibility index (Phi) is 4.19. The molecule has 0 aromatic rings. The average molecular weight is 298 g/mol. The lowest BCUT2D eigenvalue weighted by Gasteiger charge is -2.37. The summed E-state index contributed by atoms with van der Waals surface area (Å²) in [7, 11) is 3.02. The molecule has 6 heteroatoms. The van der Waals surface area contributed by atoms with E-state index in [0.29, 0.717) is 13.0 Å². The van der Waals surface area contributed by atoms with Crippen molar-refractivity contribution < 1.29 is 19.2 Å². The topological polar surface area (TPSA) is 59.1 Å². The molecule has 1 aliphatic carbocycles. The summed E-state index contributed by atoms with van der Waals surface area (Å²) < 4.78 is 5.45. The van der Waals surface area contributed by atoms with Crippen molar-refractivity contribution in [3.63, 3.8) is 0 Å². The van der Waals surface area contributed by atoms with Crippen molar-refractivity contribution in [1.29, 1.82) is 0 Å². The molecule has 2 amide bonds. The van der Waals surface area contributed by atoms with Crippen molar-refractivity contribution in [3.05, 3.63) is 0 Å². The zero-order valence-corrected chi connectivity index (χ0v) is 13.6. The summed E-state index contributed by atoms with van der Waals surface area (Å²) in [6, 6.07) is -0.481. The van der Waals surface area contributed by atoms with Gasteiger partial charge < -0.3 is 4.74 Å². The molecule has 0 N–H and O–H groups in total. The summed E-state index contributed by atoms with van der Waals surface area (Å²) >= 11 is 0. The fourth-order valence-corrected chi connectivity index (χ4v) is 3.13. The van der Waals surface area contributed by atoms with Crippen LogP contribution in [0.1, 0.15) is 46.5 Å². The third-order valence-corrected chi connectivity index (χ3v) is 4.42. The fraction of sp³-hybridized carbons (Fsp3) is 0.867. The Morgan fingerprint density at radius 3 is 2.33 bits per heavy atom. The maximum atomic E-state index is 12.4. The lowest BCUT2D eigenvalue weighted by molar-refractivity contribution is -0.173. The molecule has 0 aromatic carbocycles. The highest BCUT2D eigenvalue weighted by atomic mass is 16.7. The first-order valence-electron chi connectivity index (χ1n) is 7.49. The SMILES string of the molecule is CON(C)C(=O)[C@@H]1CC2(CCC2)CN1C(=O)OC(C)(C)C. The second-order valence-electron chi connectivity index (χ2n) is 7.20. The highest BCUT2D eigenvalue weighted by Gasteiger charge is 2.53. The number of ether oxygens (including phenoxy) is 1. The Morgan fingerprint density at radius 1 is 1.29 bits per heavy atom. The first kappa shape index (κ1) is 16.1. The largest absolute Gasteiger partial charge is 0.444 e. The van der Waals surface area contributed by atoms with Crippen LogP contribution < -0.4 is 0 Å². The van der Waals surface area contributed by atoms with Gasteiger partial charge in [0.1, 0.15) is 11.6 Å². The molecule has 2 rings (SSSR count). The molecule has 120 valence electrons. The monoisotopic (exact) mass is 298 g/mol. The highest BCUT2D eigenvalue weighted by molar-refractivity contribution is 5.85. The van der Waals surface area contributed by atoms with E-state index in [9.17, 15) is 9.59 Å². The zero-order valence-electron chi connectivity index (χ0n) is 13.6. The minimum Gasteiger partial charge on any atom is -0.444 e. The van der Waals surface area contributed by atoms with Crippen molar-refractivity contribution in [2.24, 2.45) is 5.41 Å². The Balaban J connectivity index is 2.15. The normalized spacial score (nSPS) is 23.9. The molecule has 1 heterocycles. The Morgan fingerprint density at radius 2 is 1.90 bits per heavy atom. The first-order valence-corrected chi connectivity index (χ1v) is 7.49. The van der Waals surface area contributed by atoms with Crippen molar-refractivity contribution in [3.8, 4) is 0 Å². The molecule has 0 unspecified atom stereocenters. The van der Waals surface area contributed by atoms with Crippen LogP contribution in [0.5, 0.6) is 0 Å². The summed E-state index contributed by atoms with van der Waals surface area (Å²) in [5.41, 5.74) is -0.459. The number of carbonyl (C=O) groups is 2. The van der Waals surface area contributed by atoms with E-state index in [1.165, 1.54) is 18.6 Å². The van der Waals surface area contributed by atoms with Gasteiger partial charge in [-0.15, -0.1) is 0 Å². The van der Waals surface area contributed by atoms with E-state index in [1.54, 1.807) is 11.9 Å². The molecule has 1 aliphatic heterocycles. The second-order valence-corrected chi connectivity index (χ2v) is 7.20. The number of hydroxylamine groups is 2. The summed E-state index contributed by atoms with van der Waals surface area (Å²) in [4.78, 5) is 31.4.